The Kier molecular flexibility index (Phi) is 6.30. The number of nitrogens with one attached hydrogen (secondary N) is 1. The first-order valence-electron chi connectivity index (χ1n) is 9.59. The average Bonchev–Trinajstić information content (AvgIpc) is 2.69. The van der Waals surface area contributed by atoms with Crippen molar-refractivity contribution in [2.45, 2.75) is 40.0 Å². The molecule has 1 N–H and O–H groups in total. The third-order valence-electron chi connectivity index (χ3n) is 4.46. The van der Waals surface area contributed by atoms with E-state index in [2.05, 4.69) is 15.1 Å². The summed E-state index contributed by atoms with van der Waals surface area (Å²) in [7, 11) is 0. The van der Waals surface area contributed by atoms with E-state index < -0.39 is 11.2 Å². The number of aromatic nitrogens is 2. The number of aromatic amines is 1. The lowest BCUT2D eigenvalue weighted by molar-refractivity contribution is 0.0916. The minimum atomic E-state index is -0.582. The Hall–Kier alpha value is -3.17. The molecular formula is C19H24N4O6. The Morgan fingerprint density at radius 2 is 2.07 bits per heavy atom. The van der Waals surface area contributed by atoms with Gasteiger partial charge in [0, 0.05) is 32.0 Å². The molecule has 2 aromatic rings. The number of nitrogens with zero attached hydrogens (tertiary/aromatic N) is 3. The molecule has 0 aromatic carbocycles. The second-order valence-corrected chi connectivity index (χ2v) is 7.20. The Morgan fingerprint density at radius 1 is 1.34 bits per heavy atom. The summed E-state index contributed by atoms with van der Waals surface area (Å²) in [6.45, 7) is 7.10. The van der Waals surface area contributed by atoms with Crippen molar-refractivity contribution >= 4 is 22.9 Å². The standard InChI is InChI=1S/C19H24N4O6/c1-4-12-9-14(24)28-17-15(12)16(25)20-18(21-17)29-22-13-5-7-23(8-6-13)19(26)27-10-11(2)3/h9,11H,4-8,10H2,1-3H3,(H,20,21,25). The van der Waals surface area contributed by atoms with Gasteiger partial charge in [0.15, 0.2) is 0 Å². The molecular weight excluding hydrogens is 380 g/mol. The van der Waals surface area contributed by atoms with E-state index in [0.717, 1.165) is 5.71 Å². The lowest BCUT2D eigenvalue weighted by Gasteiger charge is -2.26. The van der Waals surface area contributed by atoms with Gasteiger partial charge in [0.1, 0.15) is 5.39 Å². The molecule has 0 aliphatic carbocycles. The van der Waals surface area contributed by atoms with E-state index >= 15 is 0 Å². The van der Waals surface area contributed by atoms with Crippen molar-refractivity contribution < 1.29 is 18.8 Å². The van der Waals surface area contributed by atoms with Crippen LogP contribution >= 0.6 is 0 Å². The summed E-state index contributed by atoms with van der Waals surface area (Å²) in [5.41, 5.74) is 0.148. The second-order valence-electron chi connectivity index (χ2n) is 7.20. The number of likely N-dealkylation sites (tertiary alicyclic amines) is 1. The van der Waals surface area contributed by atoms with Crippen LogP contribution < -0.4 is 16.0 Å². The van der Waals surface area contributed by atoms with Crippen LogP contribution in [0.25, 0.3) is 11.1 Å². The number of oxime groups is 1. The van der Waals surface area contributed by atoms with Gasteiger partial charge in [-0.15, -0.1) is 0 Å². The topological polar surface area (TPSA) is 127 Å². The molecule has 1 aliphatic rings. The number of carbonyl (C=O) groups is 1. The first-order chi connectivity index (χ1) is 13.9. The first-order valence-corrected chi connectivity index (χ1v) is 9.59. The van der Waals surface area contributed by atoms with Crippen LogP contribution in [0.2, 0.25) is 0 Å². The molecule has 0 spiro atoms. The molecule has 29 heavy (non-hydrogen) atoms. The van der Waals surface area contributed by atoms with E-state index in [1.54, 1.807) is 4.90 Å². The van der Waals surface area contributed by atoms with Gasteiger partial charge in [0.25, 0.3) is 5.56 Å². The molecule has 2 aromatic heterocycles. The number of fused-ring (bicyclic) bond motifs is 1. The highest BCUT2D eigenvalue weighted by molar-refractivity contribution is 5.86. The third-order valence-corrected chi connectivity index (χ3v) is 4.46. The zero-order chi connectivity index (χ0) is 21.0. The van der Waals surface area contributed by atoms with Gasteiger partial charge >= 0.3 is 17.7 Å². The first kappa shape index (κ1) is 20.6. The van der Waals surface area contributed by atoms with Crippen molar-refractivity contribution in [2.24, 2.45) is 11.1 Å². The molecule has 0 bridgehead atoms. The second kappa shape index (κ2) is 8.89. The molecule has 0 radical (unpaired) electrons. The molecule has 1 amide bonds. The zero-order valence-corrected chi connectivity index (χ0v) is 16.7. The molecule has 3 heterocycles. The minimum absolute atomic E-state index is 0.0870. The monoisotopic (exact) mass is 404 g/mol. The van der Waals surface area contributed by atoms with Gasteiger partial charge in [0.05, 0.1) is 12.3 Å². The Bertz CT molecular complexity index is 1030. The van der Waals surface area contributed by atoms with E-state index in [1.807, 2.05) is 20.8 Å². The van der Waals surface area contributed by atoms with Crippen LogP contribution in [-0.4, -0.2) is 46.4 Å². The maximum absolute atomic E-state index is 12.3. The van der Waals surface area contributed by atoms with E-state index in [9.17, 15) is 14.4 Å². The SMILES string of the molecule is CCc1cc(=O)oc2nc(ON=C3CCN(C(=O)OCC(C)C)CC3)[nH]c(=O)c12. The molecule has 10 nitrogen and oxygen atoms in total. The number of aryl methyl sites for hydroxylation is 1. The van der Waals surface area contributed by atoms with Crippen molar-refractivity contribution in [1.82, 2.24) is 14.9 Å². The van der Waals surface area contributed by atoms with E-state index in [-0.39, 0.29) is 29.1 Å². The van der Waals surface area contributed by atoms with Crippen LogP contribution in [0.5, 0.6) is 6.01 Å². The zero-order valence-electron chi connectivity index (χ0n) is 16.7. The summed E-state index contributed by atoms with van der Waals surface area (Å²) in [6.07, 6.45) is 1.19. The predicted molar refractivity (Wildman–Crippen MR) is 105 cm³/mol. The van der Waals surface area contributed by atoms with Crippen molar-refractivity contribution in [2.75, 3.05) is 19.7 Å². The van der Waals surface area contributed by atoms with E-state index in [1.165, 1.54) is 6.07 Å². The Balaban J connectivity index is 1.67. The fourth-order valence-electron chi connectivity index (χ4n) is 2.93. The van der Waals surface area contributed by atoms with E-state index in [4.69, 9.17) is 14.0 Å². The number of hydrogen-bond acceptors (Lipinski definition) is 8. The molecule has 0 unspecified atom stereocenters. The highest BCUT2D eigenvalue weighted by Crippen LogP contribution is 2.14. The fraction of sp³-hybridized carbons (Fsp3) is 0.526. The molecule has 0 atom stereocenters. The average molecular weight is 404 g/mol. The maximum Gasteiger partial charge on any atom is 0.409 e. The number of carbonyl (C=O) groups excluding carboxylic acids is 1. The summed E-state index contributed by atoms with van der Waals surface area (Å²) < 4.78 is 10.2. The normalized spacial score (nSPS) is 14.3. The van der Waals surface area contributed by atoms with Gasteiger partial charge in [0.2, 0.25) is 5.71 Å². The summed E-state index contributed by atoms with van der Waals surface area (Å²) >= 11 is 0. The molecule has 156 valence electrons. The van der Waals surface area contributed by atoms with Gasteiger partial charge in [-0.25, -0.2) is 9.59 Å². The molecule has 1 fully saturated rings. The van der Waals surface area contributed by atoms with Crippen LogP contribution in [0.1, 0.15) is 39.2 Å². The largest absolute Gasteiger partial charge is 0.449 e. The fourth-order valence-corrected chi connectivity index (χ4v) is 2.93. The van der Waals surface area contributed by atoms with Crippen LogP contribution in [0.15, 0.2) is 25.2 Å². The van der Waals surface area contributed by atoms with Gasteiger partial charge in [-0.2, -0.15) is 4.98 Å². The quantitative estimate of drug-likeness (QED) is 0.756. The van der Waals surface area contributed by atoms with Gasteiger partial charge in [-0.05, 0) is 17.9 Å². The van der Waals surface area contributed by atoms with Gasteiger partial charge in [-0.1, -0.05) is 25.9 Å². The lowest BCUT2D eigenvalue weighted by atomic mass is 10.1. The molecule has 1 aliphatic heterocycles. The maximum atomic E-state index is 12.3. The third kappa shape index (κ3) is 5.01. The van der Waals surface area contributed by atoms with Crippen LogP contribution in [0.3, 0.4) is 0 Å². The smallest absolute Gasteiger partial charge is 0.409 e. The predicted octanol–water partition coefficient (Wildman–Crippen LogP) is 2.06. The lowest BCUT2D eigenvalue weighted by Crippen LogP contribution is -2.39. The highest BCUT2D eigenvalue weighted by atomic mass is 16.6. The molecule has 0 saturated carbocycles. The van der Waals surface area contributed by atoms with E-state index in [0.29, 0.717) is 44.5 Å². The van der Waals surface area contributed by atoms with Gasteiger partial charge in [-0.3, -0.25) is 9.78 Å². The van der Waals surface area contributed by atoms with Crippen molar-refractivity contribution in [1.29, 1.82) is 0 Å². The van der Waals surface area contributed by atoms with Crippen molar-refractivity contribution in [3.63, 3.8) is 0 Å². The summed E-state index contributed by atoms with van der Waals surface area (Å²) in [5.74, 6) is 0.281. The number of ether oxygens (including phenoxy) is 1. The molecule has 1 saturated heterocycles. The Labute approximate surface area is 166 Å². The summed E-state index contributed by atoms with van der Waals surface area (Å²) in [5, 5.41) is 4.24. The number of rotatable bonds is 5. The summed E-state index contributed by atoms with van der Waals surface area (Å²) in [4.78, 5) is 49.3. The summed E-state index contributed by atoms with van der Waals surface area (Å²) in [6, 6.07) is 1.12. The molecule has 3 rings (SSSR count). The van der Waals surface area contributed by atoms with Gasteiger partial charge < -0.3 is 18.9 Å². The highest BCUT2D eigenvalue weighted by Gasteiger charge is 2.22. The molecule has 10 heteroatoms. The number of piperidine rings is 1. The van der Waals surface area contributed by atoms with Crippen LogP contribution in [0, 0.1) is 5.92 Å². The van der Waals surface area contributed by atoms with Crippen molar-refractivity contribution in [3.05, 3.63) is 32.4 Å². The van der Waals surface area contributed by atoms with Crippen LogP contribution in [-0.2, 0) is 11.2 Å². The number of H-pyrrole nitrogens is 1. The number of hydrogen-bond donors (Lipinski definition) is 1. The number of amides is 1. The van der Waals surface area contributed by atoms with Crippen molar-refractivity contribution in [3.8, 4) is 6.01 Å². The minimum Gasteiger partial charge on any atom is -0.449 e. The van der Waals surface area contributed by atoms with Crippen LogP contribution in [0.4, 0.5) is 4.79 Å². The Morgan fingerprint density at radius 3 is 2.72 bits per heavy atom.